The standard InChI is InChI=1S/C11H15ClN4O/c1-7-3-2-4-8(5-7)14-15-9-6-13-16-11(17)10(9)12/h6-7H,2-5H2,1H3,(H2,15,16,17)/b14-8-/t7-/m0/s1. The summed E-state index contributed by atoms with van der Waals surface area (Å²) in [6.45, 7) is 2.22. The van der Waals surface area contributed by atoms with E-state index >= 15 is 0 Å². The van der Waals surface area contributed by atoms with Crippen LogP contribution in [0.1, 0.15) is 32.6 Å². The Labute approximate surface area is 104 Å². The first-order valence-corrected chi connectivity index (χ1v) is 6.09. The molecule has 0 saturated heterocycles. The van der Waals surface area contributed by atoms with Crippen molar-refractivity contribution in [3.63, 3.8) is 0 Å². The summed E-state index contributed by atoms with van der Waals surface area (Å²) in [5, 5.41) is 10.3. The molecule has 0 bridgehead atoms. The molecule has 0 unspecified atom stereocenters. The van der Waals surface area contributed by atoms with Crippen LogP contribution in [-0.2, 0) is 0 Å². The number of aromatic nitrogens is 2. The van der Waals surface area contributed by atoms with Crippen molar-refractivity contribution in [2.45, 2.75) is 32.6 Å². The second-order valence-corrected chi connectivity index (χ2v) is 4.80. The maximum Gasteiger partial charge on any atom is 0.285 e. The van der Waals surface area contributed by atoms with Gasteiger partial charge < -0.3 is 0 Å². The molecule has 92 valence electrons. The molecule has 0 aromatic carbocycles. The van der Waals surface area contributed by atoms with Gasteiger partial charge in [-0.25, -0.2) is 5.10 Å². The second kappa shape index (κ2) is 5.31. The first-order valence-electron chi connectivity index (χ1n) is 5.71. The zero-order valence-electron chi connectivity index (χ0n) is 9.66. The number of anilines is 1. The zero-order chi connectivity index (χ0) is 12.3. The Hall–Kier alpha value is -1.36. The number of rotatable bonds is 2. The van der Waals surface area contributed by atoms with Crippen molar-refractivity contribution in [1.82, 2.24) is 10.2 Å². The van der Waals surface area contributed by atoms with E-state index in [-0.39, 0.29) is 5.02 Å². The van der Waals surface area contributed by atoms with E-state index in [1.165, 1.54) is 19.0 Å². The minimum atomic E-state index is -0.408. The lowest BCUT2D eigenvalue weighted by Crippen LogP contribution is -2.15. The Morgan fingerprint density at radius 3 is 3.24 bits per heavy atom. The van der Waals surface area contributed by atoms with E-state index in [4.69, 9.17) is 11.6 Å². The first kappa shape index (κ1) is 12.1. The molecular formula is C11H15ClN4O. The SMILES string of the molecule is C[C@H]1CCC/C(=N/Nc2cn[nH]c(=O)c2Cl)C1. The number of hydrogen-bond donors (Lipinski definition) is 2. The lowest BCUT2D eigenvalue weighted by molar-refractivity contribution is 0.500. The van der Waals surface area contributed by atoms with Gasteiger partial charge in [-0.05, 0) is 31.6 Å². The van der Waals surface area contributed by atoms with E-state index in [0.717, 1.165) is 18.6 Å². The quantitative estimate of drug-likeness (QED) is 0.796. The van der Waals surface area contributed by atoms with Crippen LogP contribution in [0.3, 0.4) is 0 Å². The van der Waals surface area contributed by atoms with Crippen molar-refractivity contribution in [2.75, 3.05) is 5.43 Å². The van der Waals surface area contributed by atoms with E-state index in [1.54, 1.807) is 0 Å². The maximum atomic E-state index is 11.2. The Kier molecular flexibility index (Phi) is 3.78. The third kappa shape index (κ3) is 3.06. The fourth-order valence-electron chi connectivity index (χ4n) is 1.96. The van der Waals surface area contributed by atoms with Crippen molar-refractivity contribution in [3.05, 3.63) is 21.6 Å². The predicted octanol–water partition coefficient (Wildman–Crippen LogP) is 2.40. The van der Waals surface area contributed by atoms with Crippen molar-refractivity contribution >= 4 is 23.0 Å². The van der Waals surface area contributed by atoms with Gasteiger partial charge in [0.1, 0.15) is 10.7 Å². The van der Waals surface area contributed by atoms with Crippen LogP contribution in [0, 0.1) is 5.92 Å². The fourth-order valence-corrected chi connectivity index (χ4v) is 2.10. The summed E-state index contributed by atoms with van der Waals surface area (Å²) in [5.41, 5.74) is 3.98. The van der Waals surface area contributed by atoms with E-state index in [0.29, 0.717) is 11.6 Å². The lowest BCUT2D eigenvalue weighted by atomic mass is 9.89. The smallest absolute Gasteiger partial charge is 0.275 e. The van der Waals surface area contributed by atoms with E-state index in [9.17, 15) is 4.79 Å². The molecule has 5 nitrogen and oxygen atoms in total. The molecule has 6 heteroatoms. The van der Waals surface area contributed by atoms with Crippen LogP contribution in [-0.4, -0.2) is 15.9 Å². The lowest BCUT2D eigenvalue weighted by Gasteiger charge is -2.19. The van der Waals surface area contributed by atoms with E-state index in [2.05, 4.69) is 27.6 Å². The normalized spacial score (nSPS) is 22.7. The number of hydrazone groups is 1. The molecule has 0 spiro atoms. The minimum Gasteiger partial charge on any atom is -0.275 e. The topological polar surface area (TPSA) is 70.1 Å². The molecule has 0 amide bonds. The molecule has 17 heavy (non-hydrogen) atoms. The highest BCUT2D eigenvalue weighted by atomic mass is 35.5. The monoisotopic (exact) mass is 254 g/mol. The molecule has 1 aromatic heterocycles. The Bertz CT molecular complexity index is 483. The summed E-state index contributed by atoms with van der Waals surface area (Å²) in [4.78, 5) is 11.2. The minimum absolute atomic E-state index is 0.0909. The summed E-state index contributed by atoms with van der Waals surface area (Å²) < 4.78 is 0. The molecule has 0 aliphatic heterocycles. The molecule has 2 rings (SSSR count). The van der Waals surface area contributed by atoms with Crippen LogP contribution in [0.4, 0.5) is 5.69 Å². The summed E-state index contributed by atoms with van der Waals surface area (Å²) >= 11 is 5.82. The van der Waals surface area contributed by atoms with Gasteiger partial charge in [0.25, 0.3) is 5.56 Å². The third-order valence-electron chi connectivity index (χ3n) is 2.88. The second-order valence-electron chi connectivity index (χ2n) is 4.42. The molecule has 1 saturated carbocycles. The predicted molar refractivity (Wildman–Crippen MR) is 68.6 cm³/mol. The highest BCUT2D eigenvalue weighted by Gasteiger charge is 2.14. The molecule has 2 N–H and O–H groups in total. The van der Waals surface area contributed by atoms with Crippen molar-refractivity contribution < 1.29 is 0 Å². The molecule has 1 heterocycles. The van der Waals surface area contributed by atoms with Gasteiger partial charge >= 0.3 is 0 Å². The molecule has 1 fully saturated rings. The largest absolute Gasteiger partial charge is 0.285 e. The number of nitrogens with one attached hydrogen (secondary N) is 2. The number of hydrogen-bond acceptors (Lipinski definition) is 4. The molecule has 1 aliphatic rings. The van der Waals surface area contributed by atoms with Crippen LogP contribution in [0.25, 0.3) is 0 Å². The average Bonchev–Trinajstić information content (AvgIpc) is 2.31. The Morgan fingerprint density at radius 2 is 2.47 bits per heavy atom. The van der Waals surface area contributed by atoms with Gasteiger partial charge in [-0.15, -0.1) is 0 Å². The summed E-state index contributed by atoms with van der Waals surface area (Å²) in [5.74, 6) is 0.678. The fraction of sp³-hybridized carbons (Fsp3) is 0.545. The maximum absolute atomic E-state index is 11.2. The molecular weight excluding hydrogens is 240 g/mol. The van der Waals surface area contributed by atoms with Crippen LogP contribution in [0.5, 0.6) is 0 Å². The molecule has 1 aliphatic carbocycles. The van der Waals surface area contributed by atoms with Gasteiger partial charge in [-0.1, -0.05) is 18.5 Å². The van der Waals surface area contributed by atoms with Gasteiger partial charge in [0.05, 0.1) is 6.20 Å². The third-order valence-corrected chi connectivity index (χ3v) is 3.25. The van der Waals surface area contributed by atoms with Crippen molar-refractivity contribution in [2.24, 2.45) is 11.0 Å². The molecule has 0 radical (unpaired) electrons. The van der Waals surface area contributed by atoms with Crippen molar-refractivity contribution in [1.29, 1.82) is 0 Å². The Balaban J connectivity index is 2.08. The number of nitrogens with zero attached hydrogens (tertiary/aromatic N) is 2. The zero-order valence-corrected chi connectivity index (χ0v) is 10.4. The first-order chi connectivity index (χ1) is 8.16. The summed E-state index contributed by atoms with van der Waals surface area (Å²) in [6.07, 6.45) is 5.89. The highest BCUT2D eigenvalue weighted by molar-refractivity contribution is 6.32. The number of H-pyrrole nitrogens is 1. The van der Waals surface area contributed by atoms with Crippen molar-refractivity contribution in [3.8, 4) is 0 Å². The van der Waals surface area contributed by atoms with Crippen LogP contribution in [0.15, 0.2) is 16.1 Å². The van der Waals surface area contributed by atoms with Gasteiger partial charge in [-0.3, -0.25) is 10.2 Å². The molecule has 1 aromatic rings. The van der Waals surface area contributed by atoms with E-state index in [1.807, 2.05) is 0 Å². The molecule has 1 atom stereocenters. The highest BCUT2D eigenvalue weighted by Crippen LogP contribution is 2.22. The average molecular weight is 255 g/mol. The van der Waals surface area contributed by atoms with Crippen LogP contribution in [0.2, 0.25) is 5.02 Å². The summed E-state index contributed by atoms with van der Waals surface area (Å²) in [7, 11) is 0. The summed E-state index contributed by atoms with van der Waals surface area (Å²) in [6, 6.07) is 0. The van der Waals surface area contributed by atoms with Gasteiger partial charge in [-0.2, -0.15) is 10.2 Å². The van der Waals surface area contributed by atoms with Gasteiger partial charge in [0.15, 0.2) is 0 Å². The number of halogens is 1. The van der Waals surface area contributed by atoms with E-state index < -0.39 is 5.56 Å². The van der Waals surface area contributed by atoms with Crippen LogP contribution >= 0.6 is 11.6 Å². The van der Waals surface area contributed by atoms with Gasteiger partial charge in [0, 0.05) is 5.71 Å². The van der Waals surface area contributed by atoms with Crippen LogP contribution < -0.4 is 11.0 Å². The Morgan fingerprint density at radius 1 is 1.65 bits per heavy atom. The van der Waals surface area contributed by atoms with Gasteiger partial charge in [0.2, 0.25) is 0 Å². The number of aromatic amines is 1.